The monoisotopic (exact) mass is 209 g/mol. The molecule has 0 amide bonds. The average molecular weight is 209 g/mol. The summed E-state index contributed by atoms with van der Waals surface area (Å²) in [5, 5.41) is 20.6. The molecule has 1 rings (SSSR count). The lowest BCUT2D eigenvalue weighted by atomic mass is 10.2. The van der Waals surface area contributed by atoms with Crippen LogP contribution in [0.25, 0.3) is 0 Å². The van der Waals surface area contributed by atoms with Crippen LogP contribution in [0.5, 0.6) is 0 Å². The van der Waals surface area contributed by atoms with Gasteiger partial charge in [-0.1, -0.05) is 6.92 Å². The number of carbonyl (C=O) groups is 1. The molecule has 4 heteroatoms. The van der Waals surface area contributed by atoms with Crippen molar-refractivity contribution in [3.05, 3.63) is 29.8 Å². The molecular formula is C11H15NO3. The van der Waals surface area contributed by atoms with Crippen LogP contribution in [0.4, 0.5) is 5.69 Å². The van der Waals surface area contributed by atoms with Gasteiger partial charge in [-0.25, -0.2) is 4.79 Å². The molecule has 0 fully saturated rings. The van der Waals surface area contributed by atoms with Crippen LogP contribution in [0.15, 0.2) is 24.3 Å². The number of aromatic carboxylic acids is 1. The Bertz CT molecular complexity index is 321. The van der Waals surface area contributed by atoms with Gasteiger partial charge in [0.25, 0.3) is 0 Å². The van der Waals surface area contributed by atoms with Gasteiger partial charge in [0, 0.05) is 18.8 Å². The number of aliphatic hydroxyl groups is 1. The highest BCUT2D eigenvalue weighted by molar-refractivity contribution is 5.87. The van der Waals surface area contributed by atoms with Crippen LogP contribution < -0.4 is 5.32 Å². The van der Waals surface area contributed by atoms with Gasteiger partial charge in [0.2, 0.25) is 0 Å². The molecule has 82 valence electrons. The fourth-order valence-electron chi connectivity index (χ4n) is 1.09. The third kappa shape index (κ3) is 3.59. The van der Waals surface area contributed by atoms with E-state index >= 15 is 0 Å². The van der Waals surface area contributed by atoms with Gasteiger partial charge in [-0.15, -0.1) is 0 Å². The maximum atomic E-state index is 10.6. The van der Waals surface area contributed by atoms with Gasteiger partial charge < -0.3 is 15.5 Å². The van der Waals surface area contributed by atoms with Crippen LogP contribution >= 0.6 is 0 Å². The van der Waals surface area contributed by atoms with Gasteiger partial charge in [0.05, 0.1) is 5.56 Å². The molecule has 1 aromatic carbocycles. The van der Waals surface area contributed by atoms with Crippen molar-refractivity contribution in [2.24, 2.45) is 5.92 Å². The molecule has 0 spiro atoms. The number of nitrogens with one attached hydrogen (secondary N) is 1. The molecule has 4 nitrogen and oxygen atoms in total. The second-order valence-corrected chi connectivity index (χ2v) is 3.55. The Hall–Kier alpha value is -1.55. The standard InChI is InChI=1S/C11H15NO3/c1-8(7-13)6-12-10-4-2-9(3-5-10)11(14)15/h2-5,8,12-13H,6-7H2,1H3,(H,14,15). The average Bonchev–Trinajstić information content (AvgIpc) is 2.26. The van der Waals surface area contributed by atoms with E-state index in [1.165, 1.54) is 0 Å². The molecule has 0 aliphatic rings. The topological polar surface area (TPSA) is 69.6 Å². The number of benzene rings is 1. The first kappa shape index (κ1) is 11.5. The number of carboxylic acid groups (broad SMARTS) is 1. The maximum Gasteiger partial charge on any atom is 0.335 e. The van der Waals surface area contributed by atoms with Crippen LogP contribution in [-0.2, 0) is 0 Å². The lowest BCUT2D eigenvalue weighted by molar-refractivity contribution is 0.0697. The van der Waals surface area contributed by atoms with E-state index in [0.29, 0.717) is 6.54 Å². The third-order valence-corrected chi connectivity index (χ3v) is 2.10. The Morgan fingerprint density at radius 2 is 2.00 bits per heavy atom. The quantitative estimate of drug-likeness (QED) is 0.686. The minimum absolute atomic E-state index is 0.139. The van der Waals surface area contributed by atoms with Crippen molar-refractivity contribution in [3.63, 3.8) is 0 Å². The zero-order valence-corrected chi connectivity index (χ0v) is 8.60. The summed E-state index contributed by atoms with van der Waals surface area (Å²) < 4.78 is 0. The van der Waals surface area contributed by atoms with E-state index in [0.717, 1.165) is 5.69 Å². The predicted octanol–water partition coefficient (Wildman–Crippen LogP) is 1.43. The van der Waals surface area contributed by atoms with Crippen LogP contribution in [0.2, 0.25) is 0 Å². The number of anilines is 1. The van der Waals surface area contributed by atoms with Gasteiger partial charge in [0.15, 0.2) is 0 Å². The maximum absolute atomic E-state index is 10.6. The van der Waals surface area contributed by atoms with E-state index in [2.05, 4.69) is 5.32 Å². The molecule has 0 bridgehead atoms. The van der Waals surface area contributed by atoms with Crippen LogP contribution in [-0.4, -0.2) is 29.3 Å². The molecule has 1 atom stereocenters. The molecular weight excluding hydrogens is 194 g/mol. The lowest BCUT2D eigenvalue weighted by Crippen LogP contribution is -2.14. The van der Waals surface area contributed by atoms with E-state index < -0.39 is 5.97 Å². The highest BCUT2D eigenvalue weighted by Crippen LogP contribution is 2.10. The molecule has 1 unspecified atom stereocenters. The summed E-state index contributed by atoms with van der Waals surface area (Å²) in [6.07, 6.45) is 0. The second kappa shape index (κ2) is 5.36. The van der Waals surface area contributed by atoms with Gasteiger partial charge in [0.1, 0.15) is 0 Å². The Morgan fingerprint density at radius 3 is 2.47 bits per heavy atom. The van der Waals surface area contributed by atoms with Gasteiger partial charge >= 0.3 is 5.97 Å². The third-order valence-electron chi connectivity index (χ3n) is 2.10. The molecule has 0 heterocycles. The van der Waals surface area contributed by atoms with Gasteiger partial charge in [-0.05, 0) is 30.2 Å². The Kier molecular flexibility index (Phi) is 4.12. The predicted molar refractivity (Wildman–Crippen MR) is 58.1 cm³/mol. The largest absolute Gasteiger partial charge is 0.478 e. The molecule has 0 saturated carbocycles. The van der Waals surface area contributed by atoms with E-state index in [9.17, 15) is 4.79 Å². The molecule has 0 aliphatic heterocycles. The lowest BCUT2D eigenvalue weighted by Gasteiger charge is -2.10. The summed E-state index contributed by atoms with van der Waals surface area (Å²) in [6, 6.07) is 6.53. The number of carboxylic acids is 1. The van der Waals surface area contributed by atoms with Gasteiger partial charge in [-0.2, -0.15) is 0 Å². The molecule has 0 saturated heterocycles. The van der Waals surface area contributed by atoms with Crippen molar-refractivity contribution in [1.82, 2.24) is 0 Å². The molecule has 0 aromatic heterocycles. The zero-order valence-electron chi connectivity index (χ0n) is 8.60. The molecule has 3 N–H and O–H groups in total. The highest BCUT2D eigenvalue weighted by Gasteiger charge is 2.02. The number of aliphatic hydroxyl groups excluding tert-OH is 1. The first-order chi connectivity index (χ1) is 7.13. The van der Waals surface area contributed by atoms with E-state index in [1.807, 2.05) is 6.92 Å². The van der Waals surface area contributed by atoms with Crippen molar-refractivity contribution in [3.8, 4) is 0 Å². The zero-order chi connectivity index (χ0) is 11.3. The fraction of sp³-hybridized carbons (Fsp3) is 0.364. The normalized spacial score (nSPS) is 12.1. The van der Waals surface area contributed by atoms with Crippen LogP contribution in [0.1, 0.15) is 17.3 Å². The molecule has 1 aromatic rings. The molecule has 0 aliphatic carbocycles. The number of hydrogen-bond donors (Lipinski definition) is 3. The van der Waals surface area contributed by atoms with E-state index in [-0.39, 0.29) is 18.1 Å². The Morgan fingerprint density at radius 1 is 1.40 bits per heavy atom. The van der Waals surface area contributed by atoms with E-state index in [4.69, 9.17) is 10.2 Å². The van der Waals surface area contributed by atoms with Crippen molar-refractivity contribution in [2.45, 2.75) is 6.92 Å². The summed E-state index contributed by atoms with van der Waals surface area (Å²) in [7, 11) is 0. The van der Waals surface area contributed by atoms with Crippen molar-refractivity contribution < 1.29 is 15.0 Å². The summed E-state index contributed by atoms with van der Waals surface area (Å²) >= 11 is 0. The fourth-order valence-corrected chi connectivity index (χ4v) is 1.09. The summed E-state index contributed by atoms with van der Waals surface area (Å²) in [6.45, 7) is 2.74. The van der Waals surface area contributed by atoms with Crippen molar-refractivity contribution in [1.29, 1.82) is 0 Å². The Balaban J connectivity index is 2.53. The van der Waals surface area contributed by atoms with Crippen molar-refractivity contribution in [2.75, 3.05) is 18.5 Å². The van der Waals surface area contributed by atoms with E-state index in [1.54, 1.807) is 24.3 Å². The summed E-state index contributed by atoms with van der Waals surface area (Å²) in [4.78, 5) is 10.6. The first-order valence-corrected chi connectivity index (χ1v) is 4.81. The SMILES string of the molecule is CC(CO)CNc1ccc(C(=O)O)cc1. The highest BCUT2D eigenvalue weighted by atomic mass is 16.4. The van der Waals surface area contributed by atoms with Gasteiger partial charge in [-0.3, -0.25) is 0 Å². The Labute approximate surface area is 88.6 Å². The molecule has 0 radical (unpaired) electrons. The number of rotatable bonds is 5. The first-order valence-electron chi connectivity index (χ1n) is 4.81. The summed E-state index contributed by atoms with van der Waals surface area (Å²) in [5.41, 5.74) is 1.14. The van der Waals surface area contributed by atoms with Crippen LogP contribution in [0, 0.1) is 5.92 Å². The molecule has 15 heavy (non-hydrogen) atoms. The van der Waals surface area contributed by atoms with Crippen molar-refractivity contribution >= 4 is 11.7 Å². The minimum atomic E-state index is -0.926. The van der Waals surface area contributed by atoms with Crippen LogP contribution in [0.3, 0.4) is 0 Å². The second-order valence-electron chi connectivity index (χ2n) is 3.55. The number of hydrogen-bond acceptors (Lipinski definition) is 3. The smallest absolute Gasteiger partial charge is 0.335 e. The minimum Gasteiger partial charge on any atom is -0.478 e. The summed E-state index contributed by atoms with van der Waals surface area (Å²) in [5.74, 6) is -0.741.